The molecule has 0 saturated heterocycles. The van der Waals surface area contributed by atoms with E-state index in [1.54, 1.807) is 36.5 Å². The van der Waals surface area contributed by atoms with Crippen molar-refractivity contribution in [1.82, 2.24) is 4.98 Å². The molecule has 0 fully saturated rings. The van der Waals surface area contributed by atoms with Crippen molar-refractivity contribution in [3.8, 4) is 11.6 Å². The lowest BCUT2D eigenvalue weighted by Crippen LogP contribution is -2.32. The van der Waals surface area contributed by atoms with E-state index in [2.05, 4.69) is 4.98 Å². The summed E-state index contributed by atoms with van der Waals surface area (Å²) in [7, 11) is 0. The van der Waals surface area contributed by atoms with Crippen LogP contribution in [-0.2, 0) is 11.2 Å². The van der Waals surface area contributed by atoms with Crippen LogP contribution < -0.4 is 10.5 Å². The Hall–Kier alpha value is -2.40. The minimum absolute atomic E-state index is 0.259. The number of aromatic nitrogens is 1. The third-order valence-corrected chi connectivity index (χ3v) is 2.53. The Kier molecular flexibility index (Phi) is 4.10. The van der Waals surface area contributed by atoms with Gasteiger partial charge in [0.2, 0.25) is 5.88 Å². The van der Waals surface area contributed by atoms with Crippen molar-refractivity contribution in [3.05, 3.63) is 54.2 Å². The van der Waals surface area contributed by atoms with Crippen LogP contribution in [0.15, 0.2) is 48.7 Å². The number of carboxylic acids is 1. The zero-order chi connectivity index (χ0) is 13.7. The Morgan fingerprint density at radius 3 is 2.84 bits per heavy atom. The molecule has 1 aromatic heterocycles. The van der Waals surface area contributed by atoms with Gasteiger partial charge in [-0.15, -0.1) is 0 Å². The predicted octanol–water partition coefficient (Wildman–Crippen LogP) is 1.83. The van der Waals surface area contributed by atoms with Gasteiger partial charge in [0.1, 0.15) is 11.8 Å². The molecule has 0 saturated carbocycles. The quantitative estimate of drug-likeness (QED) is 0.854. The van der Waals surface area contributed by atoms with E-state index in [0.29, 0.717) is 11.6 Å². The lowest BCUT2D eigenvalue weighted by molar-refractivity contribution is -0.138. The van der Waals surface area contributed by atoms with Gasteiger partial charge in [0.05, 0.1) is 0 Å². The second kappa shape index (κ2) is 5.97. The summed E-state index contributed by atoms with van der Waals surface area (Å²) in [4.78, 5) is 14.8. The monoisotopic (exact) mass is 258 g/mol. The van der Waals surface area contributed by atoms with Crippen molar-refractivity contribution in [2.75, 3.05) is 0 Å². The minimum atomic E-state index is -1.02. The van der Waals surface area contributed by atoms with Gasteiger partial charge in [0.25, 0.3) is 0 Å². The zero-order valence-corrected chi connectivity index (χ0v) is 10.2. The SMILES string of the molecule is N[C@@H](Cc1cccc(Oc2ccccn2)c1)C(=O)O. The Morgan fingerprint density at radius 2 is 2.16 bits per heavy atom. The first kappa shape index (κ1) is 13.0. The number of carboxylic acid groups (broad SMARTS) is 1. The van der Waals surface area contributed by atoms with Crippen LogP contribution in [0.4, 0.5) is 0 Å². The summed E-state index contributed by atoms with van der Waals surface area (Å²) in [5, 5.41) is 8.78. The highest BCUT2D eigenvalue weighted by Gasteiger charge is 2.12. The van der Waals surface area contributed by atoms with Crippen LogP contribution in [0, 0.1) is 0 Å². The highest BCUT2D eigenvalue weighted by atomic mass is 16.5. The molecule has 0 radical (unpaired) electrons. The molecule has 2 aromatic rings. The number of nitrogens with zero attached hydrogens (tertiary/aromatic N) is 1. The Labute approximate surface area is 110 Å². The van der Waals surface area contributed by atoms with Gasteiger partial charge in [-0.1, -0.05) is 18.2 Å². The fourth-order valence-corrected chi connectivity index (χ4v) is 1.61. The molecule has 0 spiro atoms. The van der Waals surface area contributed by atoms with Crippen molar-refractivity contribution >= 4 is 5.97 Å². The van der Waals surface area contributed by atoms with E-state index < -0.39 is 12.0 Å². The summed E-state index contributed by atoms with van der Waals surface area (Å²) in [5.74, 6) is 0.0759. The lowest BCUT2D eigenvalue weighted by atomic mass is 10.1. The fourth-order valence-electron chi connectivity index (χ4n) is 1.61. The maximum absolute atomic E-state index is 10.7. The Balaban J connectivity index is 2.09. The number of ether oxygens (including phenoxy) is 1. The van der Waals surface area contributed by atoms with Gasteiger partial charge < -0.3 is 15.6 Å². The highest BCUT2D eigenvalue weighted by molar-refractivity contribution is 5.73. The second-order valence-electron chi connectivity index (χ2n) is 4.07. The fraction of sp³-hybridized carbons (Fsp3) is 0.143. The van der Waals surface area contributed by atoms with Crippen molar-refractivity contribution in [2.24, 2.45) is 5.73 Å². The second-order valence-corrected chi connectivity index (χ2v) is 4.07. The van der Waals surface area contributed by atoms with Gasteiger partial charge in [-0.05, 0) is 30.2 Å². The molecule has 1 aromatic carbocycles. The van der Waals surface area contributed by atoms with E-state index in [1.807, 2.05) is 12.1 Å². The minimum Gasteiger partial charge on any atom is -0.480 e. The smallest absolute Gasteiger partial charge is 0.320 e. The van der Waals surface area contributed by atoms with Crippen LogP contribution >= 0.6 is 0 Å². The first-order chi connectivity index (χ1) is 9.15. The molecule has 5 nitrogen and oxygen atoms in total. The molecule has 1 heterocycles. The van der Waals surface area contributed by atoms with Crippen LogP contribution in [0.25, 0.3) is 0 Å². The van der Waals surface area contributed by atoms with Crippen LogP contribution in [-0.4, -0.2) is 22.1 Å². The van der Waals surface area contributed by atoms with Gasteiger partial charge in [-0.25, -0.2) is 4.98 Å². The van der Waals surface area contributed by atoms with Gasteiger partial charge in [0, 0.05) is 12.3 Å². The van der Waals surface area contributed by atoms with E-state index in [4.69, 9.17) is 15.6 Å². The molecule has 0 amide bonds. The summed E-state index contributed by atoms with van der Waals surface area (Å²) in [6.07, 6.45) is 1.90. The molecule has 3 N–H and O–H groups in total. The van der Waals surface area contributed by atoms with E-state index >= 15 is 0 Å². The summed E-state index contributed by atoms with van der Waals surface area (Å²) in [6.45, 7) is 0. The standard InChI is InChI=1S/C14H14N2O3/c15-12(14(17)18)9-10-4-3-5-11(8-10)19-13-6-1-2-7-16-13/h1-8,12H,9,15H2,(H,17,18)/t12-/m0/s1. The zero-order valence-electron chi connectivity index (χ0n) is 10.2. The maximum Gasteiger partial charge on any atom is 0.320 e. The van der Waals surface area contributed by atoms with E-state index in [9.17, 15) is 4.79 Å². The average molecular weight is 258 g/mol. The summed E-state index contributed by atoms with van der Waals surface area (Å²) in [5.41, 5.74) is 6.31. The normalized spacial score (nSPS) is 11.8. The molecule has 0 aliphatic rings. The van der Waals surface area contributed by atoms with E-state index in [0.717, 1.165) is 5.56 Å². The Bertz CT molecular complexity index is 558. The maximum atomic E-state index is 10.7. The van der Waals surface area contributed by atoms with Crippen molar-refractivity contribution in [1.29, 1.82) is 0 Å². The van der Waals surface area contributed by atoms with E-state index in [-0.39, 0.29) is 6.42 Å². The van der Waals surface area contributed by atoms with Crippen LogP contribution in [0.1, 0.15) is 5.56 Å². The van der Waals surface area contributed by atoms with Crippen molar-refractivity contribution < 1.29 is 14.6 Å². The first-order valence-corrected chi connectivity index (χ1v) is 5.81. The van der Waals surface area contributed by atoms with Gasteiger partial charge in [-0.3, -0.25) is 4.79 Å². The number of aliphatic carboxylic acids is 1. The first-order valence-electron chi connectivity index (χ1n) is 5.81. The number of pyridine rings is 1. The number of rotatable bonds is 5. The molecule has 1 atom stereocenters. The average Bonchev–Trinajstić information content (AvgIpc) is 2.40. The molecule has 0 aliphatic heterocycles. The summed E-state index contributed by atoms with van der Waals surface area (Å²) in [6, 6.07) is 11.6. The summed E-state index contributed by atoms with van der Waals surface area (Å²) >= 11 is 0. The number of nitrogens with two attached hydrogens (primary N) is 1. The highest BCUT2D eigenvalue weighted by Crippen LogP contribution is 2.20. The van der Waals surface area contributed by atoms with Crippen LogP contribution in [0.5, 0.6) is 11.6 Å². The van der Waals surface area contributed by atoms with Gasteiger partial charge in [-0.2, -0.15) is 0 Å². The largest absolute Gasteiger partial charge is 0.480 e. The molecule has 19 heavy (non-hydrogen) atoms. The molecule has 5 heteroatoms. The molecule has 98 valence electrons. The van der Waals surface area contributed by atoms with E-state index in [1.165, 1.54) is 0 Å². The third kappa shape index (κ3) is 3.79. The van der Waals surface area contributed by atoms with Gasteiger partial charge >= 0.3 is 5.97 Å². The summed E-state index contributed by atoms with van der Waals surface area (Å²) < 4.78 is 5.56. The molecule has 0 unspecified atom stereocenters. The van der Waals surface area contributed by atoms with Gasteiger partial charge in [0.15, 0.2) is 0 Å². The number of hydrogen-bond acceptors (Lipinski definition) is 4. The molecule has 0 aliphatic carbocycles. The third-order valence-electron chi connectivity index (χ3n) is 2.53. The molecular formula is C14H14N2O3. The number of benzene rings is 1. The van der Waals surface area contributed by atoms with Crippen molar-refractivity contribution in [2.45, 2.75) is 12.5 Å². The van der Waals surface area contributed by atoms with Crippen LogP contribution in [0.3, 0.4) is 0 Å². The predicted molar refractivity (Wildman–Crippen MR) is 70.1 cm³/mol. The molecule has 2 rings (SSSR count). The Morgan fingerprint density at radius 1 is 1.32 bits per heavy atom. The topological polar surface area (TPSA) is 85.4 Å². The molecular weight excluding hydrogens is 244 g/mol. The molecule has 0 bridgehead atoms. The number of carbonyl (C=O) groups is 1. The van der Waals surface area contributed by atoms with Crippen LogP contribution in [0.2, 0.25) is 0 Å². The number of hydrogen-bond donors (Lipinski definition) is 2. The van der Waals surface area contributed by atoms with Crippen molar-refractivity contribution in [3.63, 3.8) is 0 Å². The lowest BCUT2D eigenvalue weighted by Gasteiger charge is -2.09.